The molecule has 3 rings (SSSR count). The minimum absolute atomic E-state index is 0. The highest BCUT2D eigenvalue weighted by Crippen LogP contribution is 2.28. The number of hydrogen-bond acceptors (Lipinski definition) is 7. The second-order valence-corrected chi connectivity index (χ2v) is 6.67. The maximum Gasteiger partial charge on any atom is 0.240 e. The molecule has 1 aromatic carbocycles. The van der Waals surface area contributed by atoms with Crippen molar-refractivity contribution in [2.24, 2.45) is 5.73 Å². The number of para-hydroxylation sites is 2. The summed E-state index contributed by atoms with van der Waals surface area (Å²) in [5, 5.41) is 3.97. The van der Waals surface area contributed by atoms with E-state index >= 15 is 0 Å². The van der Waals surface area contributed by atoms with Gasteiger partial charge < -0.3 is 19.9 Å². The molecule has 0 radical (unpaired) electrons. The molecule has 0 unspecified atom stereocenters. The average molecular weight is 404 g/mol. The minimum atomic E-state index is -0.579. The lowest BCUT2D eigenvalue weighted by Gasteiger charge is -2.35. The van der Waals surface area contributed by atoms with Gasteiger partial charge in [-0.3, -0.25) is 4.90 Å². The number of ether oxygens (including phenoxy) is 1. The van der Waals surface area contributed by atoms with Gasteiger partial charge in [0.25, 0.3) is 0 Å². The van der Waals surface area contributed by atoms with E-state index in [9.17, 15) is 0 Å². The summed E-state index contributed by atoms with van der Waals surface area (Å²) in [5.41, 5.74) is 6.56. The molecule has 26 heavy (non-hydrogen) atoms. The maximum absolute atomic E-state index is 6.00. The van der Waals surface area contributed by atoms with E-state index in [1.165, 1.54) is 0 Å². The Bertz CT molecular complexity index is 682. The highest BCUT2D eigenvalue weighted by Gasteiger charge is 2.24. The molecule has 0 bridgehead atoms. The van der Waals surface area contributed by atoms with Crippen molar-refractivity contribution >= 4 is 30.5 Å². The van der Waals surface area contributed by atoms with Gasteiger partial charge in [-0.15, -0.1) is 24.8 Å². The van der Waals surface area contributed by atoms with E-state index in [1.54, 1.807) is 7.11 Å². The zero-order valence-corrected chi connectivity index (χ0v) is 17.0. The van der Waals surface area contributed by atoms with Gasteiger partial charge in [-0.25, -0.2) is 0 Å². The number of benzene rings is 1. The van der Waals surface area contributed by atoms with Crippen LogP contribution in [0.1, 0.15) is 25.6 Å². The summed E-state index contributed by atoms with van der Waals surface area (Å²) in [6.45, 7) is 8.13. The molecule has 1 aliphatic heterocycles. The fraction of sp³-hybridized carbons (Fsp3) is 0.529. The SMILES string of the molecule is COc1ccccc1N1CCN(Cc2nc(C(C)(C)N)no2)CC1.Cl.Cl. The van der Waals surface area contributed by atoms with E-state index in [0.29, 0.717) is 18.3 Å². The summed E-state index contributed by atoms with van der Waals surface area (Å²) in [5.74, 6) is 2.08. The van der Waals surface area contributed by atoms with Crippen LogP contribution < -0.4 is 15.4 Å². The van der Waals surface area contributed by atoms with E-state index in [2.05, 4.69) is 26.0 Å². The standard InChI is InChI=1S/C17H25N5O2.2ClH/c1-17(2,18)16-19-15(24-20-16)12-21-8-10-22(11-9-21)13-6-4-5-7-14(13)23-3;;/h4-7H,8-12,18H2,1-3H3;2*1H. The largest absolute Gasteiger partial charge is 0.495 e. The molecule has 1 saturated heterocycles. The number of rotatable bonds is 5. The highest BCUT2D eigenvalue weighted by molar-refractivity contribution is 5.85. The zero-order valence-electron chi connectivity index (χ0n) is 15.3. The van der Waals surface area contributed by atoms with Crippen molar-refractivity contribution in [3.63, 3.8) is 0 Å². The van der Waals surface area contributed by atoms with E-state index in [0.717, 1.165) is 37.6 Å². The van der Waals surface area contributed by atoms with Crippen LogP contribution in [0.3, 0.4) is 0 Å². The number of aromatic nitrogens is 2. The van der Waals surface area contributed by atoms with Crippen molar-refractivity contribution in [3.8, 4) is 5.75 Å². The van der Waals surface area contributed by atoms with Gasteiger partial charge in [-0.05, 0) is 26.0 Å². The second-order valence-electron chi connectivity index (χ2n) is 6.67. The third-order valence-corrected chi connectivity index (χ3v) is 4.20. The summed E-state index contributed by atoms with van der Waals surface area (Å²) in [4.78, 5) is 9.06. The Hall–Kier alpha value is -1.54. The third-order valence-electron chi connectivity index (χ3n) is 4.20. The van der Waals surface area contributed by atoms with Crippen molar-refractivity contribution in [1.82, 2.24) is 15.0 Å². The fourth-order valence-corrected chi connectivity index (χ4v) is 2.81. The lowest BCUT2D eigenvalue weighted by molar-refractivity contribution is 0.214. The van der Waals surface area contributed by atoms with Crippen molar-refractivity contribution in [2.75, 3.05) is 38.2 Å². The van der Waals surface area contributed by atoms with Gasteiger partial charge in [-0.2, -0.15) is 4.98 Å². The van der Waals surface area contributed by atoms with Gasteiger partial charge in [0.05, 0.1) is 24.9 Å². The molecule has 0 aliphatic carbocycles. The Morgan fingerprint density at radius 3 is 2.38 bits per heavy atom. The predicted molar refractivity (Wildman–Crippen MR) is 106 cm³/mol. The van der Waals surface area contributed by atoms with Crippen molar-refractivity contribution in [3.05, 3.63) is 36.0 Å². The topological polar surface area (TPSA) is 80.7 Å². The third kappa shape index (κ3) is 5.23. The van der Waals surface area contributed by atoms with Crippen LogP contribution in [-0.2, 0) is 12.1 Å². The van der Waals surface area contributed by atoms with Crippen LogP contribution in [0.2, 0.25) is 0 Å². The highest BCUT2D eigenvalue weighted by atomic mass is 35.5. The van der Waals surface area contributed by atoms with Gasteiger partial charge in [0.2, 0.25) is 5.89 Å². The van der Waals surface area contributed by atoms with Gasteiger partial charge >= 0.3 is 0 Å². The number of methoxy groups -OCH3 is 1. The molecule has 0 spiro atoms. The Labute approximate surface area is 166 Å². The summed E-state index contributed by atoms with van der Waals surface area (Å²) >= 11 is 0. The molecule has 2 N–H and O–H groups in total. The molecule has 2 heterocycles. The summed E-state index contributed by atoms with van der Waals surface area (Å²) < 4.78 is 10.8. The van der Waals surface area contributed by atoms with Gasteiger partial charge in [0, 0.05) is 26.2 Å². The number of halogens is 2. The van der Waals surface area contributed by atoms with Crippen LogP contribution in [0.25, 0.3) is 0 Å². The maximum atomic E-state index is 6.00. The molecule has 146 valence electrons. The molecule has 1 aromatic heterocycles. The van der Waals surface area contributed by atoms with E-state index in [-0.39, 0.29) is 24.8 Å². The number of piperazine rings is 1. The molecule has 1 fully saturated rings. The second kappa shape index (κ2) is 9.41. The van der Waals surface area contributed by atoms with Crippen LogP contribution in [0.4, 0.5) is 5.69 Å². The van der Waals surface area contributed by atoms with Gasteiger partial charge in [-0.1, -0.05) is 17.3 Å². The van der Waals surface area contributed by atoms with E-state index in [1.807, 2.05) is 32.0 Å². The van der Waals surface area contributed by atoms with Crippen LogP contribution in [0, 0.1) is 0 Å². The molecule has 9 heteroatoms. The number of anilines is 1. The zero-order chi connectivity index (χ0) is 17.2. The van der Waals surface area contributed by atoms with Crippen LogP contribution in [0.5, 0.6) is 5.75 Å². The van der Waals surface area contributed by atoms with E-state index in [4.69, 9.17) is 15.0 Å². The monoisotopic (exact) mass is 403 g/mol. The molecule has 0 atom stereocenters. The van der Waals surface area contributed by atoms with Crippen molar-refractivity contribution in [2.45, 2.75) is 25.9 Å². The number of nitrogens with two attached hydrogens (primary N) is 1. The molecular formula is C17H27Cl2N5O2. The number of hydrogen-bond donors (Lipinski definition) is 1. The lowest BCUT2D eigenvalue weighted by atomic mass is 10.1. The molecule has 1 aliphatic rings. The van der Waals surface area contributed by atoms with Gasteiger partial charge in [0.15, 0.2) is 5.82 Å². The quantitative estimate of drug-likeness (QED) is 0.820. The van der Waals surface area contributed by atoms with Gasteiger partial charge in [0.1, 0.15) is 5.75 Å². The molecule has 0 amide bonds. The van der Waals surface area contributed by atoms with Crippen LogP contribution >= 0.6 is 24.8 Å². The Morgan fingerprint density at radius 1 is 1.15 bits per heavy atom. The molecular weight excluding hydrogens is 377 g/mol. The lowest BCUT2D eigenvalue weighted by Crippen LogP contribution is -2.46. The normalized spacial score (nSPS) is 15.2. The number of nitrogens with zero attached hydrogens (tertiary/aromatic N) is 4. The summed E-state index contributed by atoms with van der Waals surface area (Å²) in [7, 11) is 1.71. The first-order chi connectivity index (χ1) is 11.5. The van der Waals surface area contributed by atoms with E-state index < -0.39 is 5.54 Å². The smallest absolute Gasteiger partial charge is 0.240 e. The first-order valence-corrected chi connectivity index (χ1v) is 8.19. The van der Waals surface area contributed by atoms with Crippen LogP contribution in [0.15, 0.2) is 28.8 Å². The minimum Gasteiger partial charge on any atom is -0.495 e. The Kier molecular flexibility index (Phi) is 8.15. The summed E-state index contributed by atoms with van der Waals surface area (Å²) in [6.07, 6.45) is 0. The fourth-order valence-electron chi connectivity index (χ4n) is 2.81. The average Bonchev–Trinajstić information content (AvgIpc) is 3.04. The Balaban J connectivity index is 0.00000169. The molecule has 7 nitrogen and oxygen atoms in total. The first kappa shape index (κ1) is 22.5. The molecule has 0 saturated carbocycles. The van der Waals surface area contributed by atoms with Crippen molar-refractivity contribution < 1.29 is 9.26 Å². The summed E-state index contributed by atoms with van der Waals surface area (Å²) in [6, 6.07) is 8.13. The Morgan fingerprint density at radius 2 is 1.81 bits per heavy atom. The van der Waals surface area contributed by atoms with Crippen molar-refractivity contribution in [1.29, 1.82) is 0 Å². The first-order valence-electron chi connectivity index (χ1n) is 8.19. The molecule has 2 aromatic rings. The van der Waals surface area contributed by atoms with Crippen LogP contribution in [-0.4, -0.2) is 48.3 Å². The predicted octanol–water partition coefficient (Wildman–Crippen LogP) is 2.44.